The number of benzene rings is 3. The fourth-order valence-electron chi connectivity index (χ4n) is 4.43. The van der Waals surface area contributed by atoms with Gasteiger partial charge < -0.3 is 10.2 Å². The Balaban J connectivity index is 2.05. The number of nitrogens with one attached hydrogen (secondary N) is 1. The quantitative estimate of drug-likeness (QED) is 0.303. The molecule has 1 unspecified atom stereocenters. The molecule has 0 aromatic heterocycles. The minimum absolute atomic E-state index is 0.168. The molecule has 0 saturated heterocycles. The van der Waals surface area contributed by atoms with Crippen LogP contribution in [0.25, 0.3) is 0 Å². The molecule has 41 heavy (non-hydrogen) atoms. The first-order chi connectivity index (χ1) is 19.4. The molecule has 3 rings (SSSR count). The van der Waals surface area contributed by atoms with Gasteiger partial charge in [0.25, 0.3) is 0 Å². The van der Waals surface area contributed by atoms with Gasteiger partial charge in [0, 0.05) is 25.1 Å². The summed E-state index contributed by atoms with van der Waals surface area (Å²) in [6.07, 6.45) is 1.21. The summed E-state index contributed by atoms with van der Waals surface area (Å²) in [5, 5.41) is 2.91. The van der Waals surface area contributed by atoms with Crippen molar-refractivity contribution < 1.29 is 22.4 Å². The van der Waals surface area contributed by atoms with Crippen LogP contribution in [-0.2, 0) is 32.6 Å². The Kier molecular flexibility index (Phi) is 11.1. The van der Waals surface area contributed by atoms with Crippen molar-refractivity contribution in [3.63, 3.8) is 0 Å². The zero-order valence-corrected chi connectivity index (χ0v) is 25.2. The number of halogens is 1. The van der Waals surface area contributed by atoms with Gasteiger partial charge in [-0.3, -0.25) is 13.9 Å². The molecule has 1 N–H and O–H groups in total. The van der Waals surface area contributed by atoms with Crippen LogP contribution < -0.4 is 9.62 Å². The first-order valence-corrected chi connectivity index (χ1v) is 15.6. The fraction of sp³-hybridized carbons (Fsp3) is 0.375. The summed E-state index contributed by atoms with van der Waals surface area (Å²) < 4.78 is 41.7. The molecule has 0 aliphatic rings. The molecule has 2 amide bonds. The molecule has 0 fully saturated rings. The van der Waals surface area contributed by atoms with Crippen molar-refractivity contribution in [2.75, 3.05) is 23.7 Å². The number of rotatable bonds is 13. The third-order valence-corrected chi connectivity index (χ3v) is 7.92. The summed E-state index contributed by atoms with van der Waals surface area (Å²) >= 11 is 0. The molecule has 220 valence electrons. The van der Waals surface area contributed by atoms with Crippen LogP contribution in [0.4, 0.5) is 10.1 Å². The maximum absolute atomic E-state index is 14.8. The van der Waals surface area contributed by atoms with E-state index in [4.69, 9.17) is 0 Å². The Morgan fingerprint density at radius 3 is 2.05 bits per heavy atom. The standard InChI is InChI=1S/C32H40FN3O4S/c1-23(2)20-34-32(38)30(19-25-11-7-6-8-12-25)35(21-27-13-9-10-14-29(27)33)31(37)22-36(41(5,39)40)28-17-15-26(16-18-28)24(3)4/h6-18,23-24,30H,19-22H2,1-5H3,(H,34,38). The molecule has 0 aliphatic carbocycles. The number of hydrogen-bond donors (Lipinski definition) is 1. The second-order valence-corrected chi connectivity index (χ2v) is 12.9. The van der Waals surface area contributed by atoms with Gasteiger partial charge in [-0.25, -0.2) is 12.8 Å². The minimum Gasteiger partial charge on any atom is -0.354 e. The van der Waals surface area contributed by atoms with E-state index in [-0.39, 0.29) is 36.3 Å². The molecule has 1 atom stereocenters. The minimum atomic E-state index is -3.88. The van der Waals surface area contributed by atoms with Crippen molar-refractivity contribution in [3.05, 3.63) is 101 Å². The average Bonchev–Trinajstić information content (AvgIpc) is 2.93. The van der Waals surface area contributed by atoms with Gasteiger partial charge >= 0.3 is 0 Å². The lowest BCUT2D eigenvalue weighted by Crippen LogP contribution is -2.53. The van der Waals surface area contributed by atoms with Crippen LogP contribution in [0, 0.1) is 11.7 Å². The summed E-state index contributed by atoms with van der Waals surface area (Å²) in [6.45, 7) is 7.63. The van der Waals surface area contributed by atoms with Crippen LogP contribution in [0.15, 0.2) is 78.9 Å². The van der Waals surface area contributed by atoms with E-state index in [9.17, 15) is 22.4 Å². The van der Waals surface area contributed by atoms with Crippen molar-refractivity contribution in [1.82, 2.24) is 10.2 Å². The van der Waals surface area contributed by atoms with Crippen LogP contribution in [-0.4, -0.2) is 50.5 Å². The molecule has 3 aromatic rings. The average molecular weight is 582 g/mol. The van der Waals surface area contributed by atoms with E-state index in [1.807, 2.05) is 70.2 Å². The van der Waals surface area contributed by atoms with E-state index in [0.29, 0.717) is 12.2 Å². The van der Waals surface area contributed by atoms with Crippen LogP contribution in [0.5, 0.6) is 0 Å². The van der Waals surface area contributed by atoms with Crippen molar-refractivity contribution in [1.29, 1.82) is 0 Å². The monoisotopic (exact) mass is 581 g/mol. The van der Waals surface area contributed by atoms with E-state index in [2.05, 4.69) is 5.32 Å². The van der Waals surface area contributed by atoms with Crippen molar-refractivity contribution >= 4 is 27.5 Å². The van der Waals surface area contributed by atoms with Crippen molar-refractivity contribution in [2.45, 2.75) is 52.6 Å². The lowest BCUT2D eigenvalue weighted by atomic mass is 10.0. The van der Waals surface area contributed by atoms with Gasteiger partial charge in [-0.1, -0.05) is 88.4 Å². The van der Waals surface area contributed by atoms with E-state index in [1.54, 1.807) is 30.3 Å². The van der Waals surface area contributed by atoms with Gasteiger partial charge in [0.15, 0.2) is 0 Å². The van der Waals surface area contributed by atoms with Gasteiger partial charge in [-0.15, -0.1) is 0 Å². The Morgan fingerprint density at radius 1 is 0.878 bits per heavy atom. The van der Waals surface area contributed by atoms with Gasteiger partial charge in [0.1, 0.15) is 18.4 Å². The van der Waals surface area contributed by atoms with Crippen LogP contribution in [0.2, 0.25) is 0 Å². The Morgan fingerprint density at radius 2 is 1.49 bits per heavy atom. The van der Waals surface area contributed by atoms with E-state index in [1.165, 1.54) is 11.0 Å². The van der Waals surface area contributed by atoms with Crippen molar-refractivity contribution in [2.24, 2.45) is 5.92 Å². The highest BCUT2D eigenvalue weighted by Crippen LogP contribution is 2.23. The first kappa shape index (κ1) is 31.8. The molecule has 7 nitrogen and oxygen atoms in total. The SMILES string of the molecule is CC(C)CNC(=O)C(Cc1ccccc1)N(Cc1ccccc1F)C(=O)CN(c1ccc(C(C)C)cc1)S(C)(=O)=O. The normalized spacial score (nSPS) is 12.3. The number of amides is 2. The molecule has 0 saturated carbocycles. The van der Waals surface area contributed by atoms with E-state index < -0.39 is 34.3 Å². The van der Waals surface area contributed by atoms with Gasteiger partial charge in [-0.05, 0) is 41.2 Å². The zero-order chi connectivity index (χ0) is 30.2. The summed E-state index contributed by atoms with van der Waals surface area (Å²) in [4.78, 5) is 28.9. The molecule has 0 heterocycles. The topological polar surface area (TPSA) is 86.8 Å². The largest absolute Gasteiger partial charge is 0.354 e. The predicted molar refractivity (Wildman–Crippen MR) is 161 cm³/mol. The Bertz CT molecular complexity index is 1410. The summed E-state index contributed by atoms with van der Waals surface area (Å²) in [5.41, 5.74) is 2.40. The number of sulfonamides is 1. The molecule has 9 heteroatoms. The van der Waals surface area contributed by atoms with Crippen LogP contribution in [0.3, 0.4) is 0 Å². The lowest BCUT2D eigenvalue weighted by Gasteiger charge is -2.33. The Labute approximate surface area is 243 Å². The van der Waals surface area contributed by atoms with Crippen LogP contribution in [0.1, 0.15) is 50.3 Å². The number of carbonyl (C=O) groups is 2. The van der Waals surface area contributed by atoms with E-state index in [0.717, 1.165) is 21.7 Å². The Hall–Kier alpha value is -3.72. The fourth-order valence-corrected chi connectivity index (χ4v) is 5.28. The maximum Gasteiger partial charge on any atom is 0.244 e. The summed E-state index contributed by atoms with van der Waals surface area (Å²) in [6, 6.07) is 21.3. The number of anilines is 1. The maximum atomic E-state index is 14.8. The third kappa shape index (κ3) is 9.14. The van der Waals surface area contributed by atoms with Gasteiger partial charge in [0.05, 0.1) is 11.9 Å². The smallest absolute Gasteiger partial charge is 0.244 e. The summed E-state index contributed by atoms with van der Waals surface area (Å²) in [5.74, 6) is -1.11. The second kappa shape index (κ2) is 14.3. The highest BCUT2D eigenvalue weighted by molar-refractivity contribution is 7.92. The van der Waals surface area contributed by atoms with Gasteiger partial charge in [0.2, 0.25) is 21.8 Å². The van der Waals surface area contributed by atoms with Crippen molar-refractivity contribution in [3.8, 4) is 0 Å². The lowest BCUT2D eigenvalue weighted by molar-refractivity contribution is -0.140. The van der Waals surface area contributed by atoms with E-state index >= 15 is 0 Å². The van der Waals surface area contributed by atoms with Gasteiger partial charge in [-0.2, -0.15) is 0 Å². The summed E-state index contributed by atoms with van der Waals surface area (Å²) in [7, 11) is -3.88. The molecule has 0 bridgehead atoms. The number of carbonyl (C=O) groups excluding carboxylic acids is 2. The molecular weight excluding hydrogens is 541 g/mol. The zero-order valence-electron chi connectivity index (χ0n) is 24.4. The van der Waals surface area contributed by atoms with Crippen LogP contribution >= 0.6 is 0 Å². The number of hydrogen-bond acceptors (Lipinski definition) is 4. The first-order valence-electron chi connectivity index (χ1n) is 13.8. The highest BCUT2D eigenvalue weighted by atomic mass is 32.2. The highest BCUT2D eigenvalue weighted by Gasteiger charge is 2.33. The predicted octanol–water partition coefficient (Wildman–Crippen LogP) is 5.13. The third-order valence-electron chi connectivity index (χ3n) is 6.78. The molecular formula is C32H40FN3O4S. The second-order valence-electron chi connectivity index (χ2n) is 11.0. The number of nitrogens with zero attached hydrogens (tertiary/aromatic N) is 2. The molecule has 0 radical (unpaired) electrons. The molecule has 0 aliphatic heterocycles. The molecule has 3 aromatic carbocycles. The molecule has 0 spiro atoms.